The molecular weight excluding hydrogens is 393 g/mol. The van der Waals surface area contributed by atoms with Gasteiger partial charge in [0.2, 0.25) is 11.8 Å². The van der Waals surface area contributed by atoms with Crippen molar-refractivity contribution in [1.82, 2.24) is 10.3 Å². The maximum Gasteiger partial charge on any atom is 0.228 e. The second kappa shape index (κ2) is 7.61. The van der Waals surface area contributed by atoms with Crippen LogP contribution in [0.4, 0.5) is 5.69 Å². The summed E-state index contributed by atoms with van der Waals surface area (Å²) >= 11 is 17.4. The Kier molecular flexibility index (Phi) is 5.46. The van der Waals surface area contributed by atoms with Crippen LogP contribution in [0.25, 0.3) is 22.6 Å². The molecule has 8 heteroatoms. The van der Waals surface area contributed by atoms with Gasteiger partial charge >= 0.3 is 0 Å². The number of anilines is 1. The van der Waals surface area contributed by atoms with Gasteiger partial charge in [-0.25, -0.2) is 4.98 Å². The Balaban J connectivity index is 1.87. The van der Waals surface area contributed by atoms with Gasteiger partial charge in [-0.2, -0.15) is 0 Å². The molecule has 5 nitrogen and oxygen atoms in total. The quantitative estimate of drug-likeness (QED) is 0.578. The molecule has 26 heavy (non-hydrogen) atoms. The molecule has 0 aliphatic rings. The Bertz CT molecular complexity index is 1000. The molecule has 134 valence electrons. The van der Waals surface area contributed by atoms with E-state index in [1.807, 2.05) is 0 Å². The van der Waals surface area contributed by atoms with E-state index in [2.05, 4.69) is 15.6 Å². The van der Waals surface area contributed by atoms with E-state index in [1.54, 1.807) is 50.2 Å². The van der Waals surface area contributed by atoms with Gasteiger partial charge in [-0.1, -0.05) is 37.0 Å². The van der Waals surface area contributed by atoms with Crippen molar-refractivity contribution in [3.63, 3.8) is 0 Å². The molecule has 0 atom stereocenters. The molecule has 2 N–H and O–H groups in total. The largest absolute Gasteiger partial charge is 0.436 e. The number of amides is 1. The molecular formula is C18H15Cl2N3O2S. The summed E-state index contributed by atoms with van der Waals surface area (Å²) in [5.74, 6) is 0.0441. The fourth-order valence-corrected chi connectivity index (χ4v) is 2.78. The van der Waals surface area contributed by atoms with Crippen molar-refractivity contribution in [3.8, 4) is 11.5 Å². The third-order valence-electron chi connectivity index (χ3n) is 3.57. The summed E-state index contributed by atoms with van der Waals surface area (Å²) in [4.78, 5) is 16.1. The number of oxazole rings is 1. The van der Waals surface area contributed by atoms with Crippen LogP contribution in [0.5, 0.6) is 0 Å². The number of aromatic nitrogens is 1. The summed E-state index contributed by atoms with van der Waals surface area (Å²) in [7, 11) is 0. The maximum atomic E-state index is 11.7. The first kappa shape index (κ1) is 18.6. The Hall–Kier alpha value is -2.15. The third kappa shape index (κ3) is 4.15. The van der Waals surface area contributed by atoms with Crippen molar-refractivity contribution in [2.45, 2.75) is 13.8 Å². The first-order valence-corrected chi connectivity index (χ1v) is 8.98. The van der Waals surface area contributed by atoms with E-state index in [0.717, 1.165) is 0 Å². The van der Waals surface area contributed by atoms with Crippen LogP contribution in [0, 0.1) is 5.92 Å². The molecule has 0 spiro atoms. The Labute approximate surface area is 165 Å². The van der Waals surface area contributed by atoms with E-state index in [-0.39, 0.29) is 16.9 Å². The van der Waals surface area contributed by atoms with Crippen LogP contribution < -0.4 is 10.6 Å². The molecule has 0 fully saturated rings. The zero-order chi connectivity index (χ0) is 18.8. The van der Waals surface area contributed by atoms with Crippen LogP contribution in [0.2, 0.25) is 10.0 Å². The van der Waals surface area contributed by atoms with Crippen molar-refractivity contribution in [1.29, 1.82) is 0 Å². The molecule has 3 rings (SSSR count). The zero-order valence-corrected chi connectivity index (χ0v) is 16.3. The average Bonchev–Trinajstić information content (AvgIpc) is 2.99. The number of hydrogen-bond donors (Lipinski definition) is 2. The van der Waals surface area contributed by atoms with E-state index >= 15 is 0 Å². The number of nitrogens with zero attached hydrogens (tertiary/aromatic N) is 1. The zero-order valence-electron chi connectivity index (χ0n) is 14.0. The highest BCUT2D eigenvalue weighted by molar-refractivity contribution is 7.80. The molecule has 0 aliphatic carbocycles. The van der Waals surface area contributed by atoms with Gasteiger partial charge in [-0.15, -0.1) is 0 Å². The fourth-order valence-electron chi connectivity index (χ4n) is 2.20. The first-order valence-electron chi connectivity index (χ1n) is 7.81. The van der Waals surface area contributed by atoms with Crippen molar-refractivity contribution in [2.24, 2.45) is 5.92 Å². The summed E-state index contributed by atoms with van der Waals surface area (Å²) in [6, 6.07) is 10.4. The molecule has 1 amide bonds. The minimum absolute atomic E-state index is 0.160. The fraction of sp³-hybridized carbons (Fsp3) is 0.167. The lowest BCUT2D eigenvalue weighted by atomic mass is 10.2. The Morgan fingerprint density at radius 1 is 1.19 bits per heavy atom. The maximum absolute atomic E-state index is 11.7. The number of halogens is 2. The van der Waals surface area contributed by atoms with Gasteiger partial charge < -0.3 is 15.1 Å². The number of hydrogen-bond acceptors (Lipinski definition) is 4. The monoisotopic (exact) mass is 407 g/mol. The van der Waals surface area contributed by atoms with E-state index < -0.39 is 0 Å². The van der Waals surface area contributed by atoms with Gasteiger partial charge in [0, 0.05) is 16.6 Å². The normalized spacial score (nSPS) is 11.0. The summed E-state index contributed by atoms with van der Waals surface area (Å²) < 4.78 is 5.76. The van der Waals surface area contributed by atoms with Crippen LogP contribution in [-0.4, -0.2) is 16.0 Å². The van der Waals surface area contributed by atoms with Gasteiger partial charge in [0.15, 0.2) is 10.7 Å². The molecule has 0 radical (unpaired) electrons. The second-order valence-electron chi connectivity index (χ2n) is 5.92. The third-order valence-corrected chi connectivity index (χ3v) is 4.33. The molecule has 0 unspecified atom stereocenters. The van der Waals surface area contributed by atoms with Crippen molar-refractivity contribution in [2.75, 3.05) is 5.32 Å². The highest BCUT2D eigenvalue weighted by Crippen LogP contribution is 2.32. The molecule has 1 heterocycles. The molecule has 0 saturated heterocycles. The van der Waals surface area contributed by atoms with Gasteiger partial charge in [0.05, 0.1) is 10.6 Å². The molecule has 0 saturated carbocycles. The SMILES string of the molecule is CC(C)C(=O)NC(=S)Nc1ccc(Cl)c(-c2nc3cc(Cl)ccc3o2)c1. The molecule has 3 aromatic rings. The number of carbonyl (C=O) groups is 1. The van der Waals surface area contributed by atoms with Gasteiger partial charge in [-0.05, 0) is 48.6 Å². The number of fused-ring (bicyclic) bond motifs is 1. The predicted molar refractivity (Wildman–Crippen MR) is 109 cm³/mol. The van der Waals surface area contributed by atoms with Crippen LogP contribution in [0.1, 0.15) is 13.8 Å². The van der Waals surface area contributed by atoms with E-state index in [0.29, 0.717) is 38.3 Å². The Morgan fingerprint density at radius 2 is 1.96 bits per heavy atom. The summed E-state index contributed by atoms with van der Waals surface area (Å²) in [6.45, 7) is 3.58. The van der Waals surface area contributed by atoms with E-state index in [1.165, 1.54) is 0 Å². The van der Waals surface area contributed by atoms with E-state index in [4.69, 9.17) is 39.8 Å². The number of thiocarbonyl (C=S) groups is 1. The van der Waals surface area contributed by atoms with Gasteiger partial charge in [-0.3, -0.25) is 4.79 Å². The highest BCUT2D eigenvalue weighted by Gasteiger charge is 2.14. The van der Waals surface area contributed by atoms with Crippen molar-refractivity contribution < 1.29 is 9.21 Å². The minimum atomic E-state index is -0.165. The lowest BCUT2D eigenvalue weighted by Gasteiger charge is -2.12. The highest BCUT2D eigenvalue weighted by atomic mass is 35.5. The van der Waals surface area contributed by atoms with Crippen LogP contribution in [0.15, 0.2) is 40.8 Å². The van der Waals surface area contributed by atoms with Crippen LogP contribution in [0.3, 0.4) is 0 Å². The number of rotatable bonds is 3. The summed E-state index contributed by atoms with van der Waals surface area (Å²) in [6.07, 6.45) is 0. The van der Waals surface area contributed by atoms with Gasteiger partial charge in [0.1, 0.15) is 5.52 Å². The Morgan fingerprint density at radius 3 is 2.69 bits per heavy atom. The lowest BCUT2D eigenvalue weighted by Crippen LogP contribution is -2.36. The molecule has 1 aromatic heterocycles. The lowest BCUT2D eigenvalue weighted by molar-refractivity contribution is -0.122. The van der Waals surface area contributed by atoms with Crippen molar-refractivity contribution >= 4 is 63.2 Å². The predicted octanol–water partition coefficient (Wildman–Crippen LogP) is 5.27. The topological polar surface area (TPSA) is 67.2 Å². The van der Waals surface area contributed by atoms with Crippen LogP contribution >= 0.6 is 35.4 Å². The molecule has 2 aromatic carbocycles. The number of nitrogens with one attached hydrogen (secondary N) is 2. The minimum Gasteiger partial charge on any atom is -0.436 e. The standard InChI is InChI=1S/C18H15Cl2N3O2S/c1-9(2)16(24)23-18(26)21-11-4-5-13(20)12(8-11)17-22-14-7-10(19)3-6-15(14)25-17/h3-9H,1-2H3,(H2,21,23,24,26). The summed E-state index contributed by atoms with van der Waals surface area (Å²) in [5.41, 5.74) is 2.50. The number of carbonyl (C=O) groups excluding carboxylic acids is 1. The van der Waals surface area contributed by atoms with E-state index in [9.17, 15) is 4.79 Å². The van der Waals surface area contributed by atoms with Crippen molar-refractivity contribution in [3.05, 3.63) is 46.4 Å². The first-order chi connectivity index (χ1) is 12.3. The summed E-state index contributed by atoms with van der Waals surface area (Å²) in [5, 5.41) is 6.84. The molecule has 0 bridgehead atoms. The average molecular weight is 408 g/mol. The second-order valence-corrected chi connectivity index (χ2v) is 7.18. The van der Waals surface area contributed by atoms with Gasteiger partial charge in [0.25, 0.3) is 0 Å². The van der Waals surface area contributed by atoms with Crippen LogP contribution in [-0.2, 0) is 4.79 Å². The smallest absolute Gasteiger partial charge is 0.228 e. The number of benzene rings is 2. The molecule has 0 aliphatic heterocycles.